The molecule has 2 aromatic rings. The van der Waals surface area contributed by atoms with E-state index in [1.807, 2.05) is 24.3 Å². The van der Waals surface area contributed by atoms with E-state index in [2.05, 4.69) is 11.4 Å². The van der Waals surface area contributed by atoms with E-state index in [-0.39, 0.29) is 36.7 Å². The van der Waals surface area contributed by atoms with Crippen LogP contribution in [0.15, 0.2) is 47.4 Å². The minimum absolute atomic E-state index is 0.106. The van der Waals surface area contributed by atoms with E-state index in [1.165, 1.54) is 11.1 Å². The first-order valence-electron chi connectivity index (χ1n) is 10.4. The molecular formula is C24H24N2O5S. The number of nitrogens with one attached hydrogen (secondary N) is 1. The molecule has 7 nitrogen and oxygen atoms in total. The first-order chi connectivity index (χ1) is 15.5. The molecule has 0 radical (unpaired) electrons. The number of carbonyl (C=O) groups excluding carboxylic acids is 3. The number of amides is 3. The van der Waals surface area contributed by atoms with Gasteiger partial charge in [-0.25, -0.2) is 0 Å². The van der Waals surface area contributed by atoms with Crippen molar-refractivity contribution < 1.29 is 23.9 Å². The molecule has 1 heterocycles. The van der Waals surface area contributed by atoms with Gasteiger partial charge in [0, 0.05) is 13.1 Å². The van der Waals surface area contributed by atoms with Gasteiger partial charge in [-0.3, -0.25) is 19.3 Å². The summed E-state index contributed by atoms with van der Waals surface area (Å²) in [4.78, 5) is 38.4. The quantitative estimate of drug-likeness (QED) is 0.618. The van der Waals surface area contributed by atoms with Gasteiger partial charge in [-0.05, 0) is 78.1 Å². The lowest BCUT2D eigenvalue weighted by Gasteiger charge is -2.13. The van der Waals surface area contributed by atoms with Crippen LogP contribution < -0.4 is 14.8 Å². The number of benzene rings is 2. The van der Waals surface area contributed by atoms with Crippen LogP contribution in [-0.2, 0) is 22.4 Å². The average molecular weight is 453 g/mol. The van der Waals surface area contributed by atoms with Gasteiger partial charge < -0.3 is 14.8 Å². The van der Waals surface area contributed by atoms with Crippen molar-refractivity contribution in [2.75, 3.05) is 26.8 Å². The van der Waals surface area contributed by atoms with Gasteiger partial charge in [-0.15, -0.1) is 0 Å². The normalized spacial score (nSPS) is 16.4. The number of methoxy groups -OCH3 is 1. The van der Waals surface area contributed by atoms with Crippen molar-refractivity contribution in [1.82, 2.24) is 10.2 Å². The Labute approximate surface area is 190 Å². The predicted molar refractivity (Wildman–Crippen MR) is 123 cm³/mol. The molecule has 1 aliphatic heterocycles. The summed E-state index contributed by atoms with van der Waals surface area (Å²) in [7, 11) is 1.58. The largest absolute Gasteiger partial charge is 0.497 e. The molecule has 0 spiro atoms. The van der Waals surface area contributed by atoms with Crippen LogP contribution in [0.2, 0.25) is 0 Å². The Hall–Kier alpha value is -3.26. The average Bonchev–Trinajstić information content (AvgIpc) is 3.37. The van der Waals surface area contributed by atoms with E-state index < -0.39 is 0 Å². The van der Waals surface area contributed by atoms with Crippen molar-refractivity contribution in [2.45, 2.75) is 19.3 Å². The zero-order chi connectivity index (χ0) is 22.5. The molecule has 0 unspecified atom stereocenters. The number of rotatable bonds is 8. The number of imide groups is 1. The number of aryl methyl sites for hydroxylation is 2. The molecule has 32 heavy (non-hydrogen) atoms. The second-order valence-electron chi connectivity index (χ2n) is 7.53. The van der Waals surface area contributed by atoms with Gasteiger partial charge in [0.15, 0.2) is 6.61 Å². The lowest BCUT2D eigenvalue weighted by molar-refractivity contribution is -0.125. The third-order valence-corrected chi connectivity index (χ3v) is 6.29. The van der Waals surface area contributed by atoms with Crippen LogP contribution in [0.3, 0.4) is 0 Å². The second kappa shape index (κ2) is 9.91. The Morgan fingerprint density at radius 3 is 2.62 bits per heavy atom. The Morgan fingerprint density at radius 2 is 1.84 bits per heavy atom. The van der Waals surface area contributed by atoms with E-state index in [9.17, 15) is 14.4 Å². The first kappa shape index (κ1) is 22.0. The number of hydrogen-bond donors (Lipinski definition) is 1. The standard InChI is InChI=1S/C24H24N2O5S/c1-30-19-8-5-16(6-9-19)13-21-23(28)26(24(29)32-21)12-11-25-22(27)15-31-20-10-7-17-3-2-4-18(17)14-20/h5-10,13-14H,2-4,11-12,15H2,1H3,(H,25,27)/b21-13-. The summed E-state index contributed by atoms with van der Waals surface area (Å²) in [5, 5.41) is 2.35. The smallest absolute Gasteiger partial charge is 0.293 e. The highest BCUT2D eigenvalue weighted by molar-refractivity contribution is 8.18. The van der Waals surface area contributed by atoms with Crippen molar-refractivity contribution in [2.24, 2.45) is 0 Å². The van der Waals surface area contributed by atoms with Gasteiger partial charge in [0.2, 0.25) is 0 Å². The summed E-state index contributed by atoms with van der Waals surface area (Å²) in [5.41, 5.74) is 3.43. The molecule has 2 aromatic carbocycles. The fourth-order valence-corrected chi connectivity index (χ4v) is 4.55. The van der Waals surface area contributed by atoms with E-state index >= 15 is 0 Å². The number of nitrogens with zero attached hydrogens (tertiary/aromatic N) is 1. The molecule has 0 atom stereocenters. The molecule has 2 aliphatic rings. The number of fused-ring (bicyclic) bond motifs is 1. The molecule has 8 heteroatoms. The van der Waals surface area contributed by atoms with Crippen LogP contribution >= 0.6 is 11.8 Å². The van der Waals surface area contributed by atoms with E-state index in [1.54, 1.807) is 25.3 Å². The monoisotopic (exact) mass is 452 g/mol. The van der Waals surface area contributed by atoms with Crippen molar-refractivity contribution in [3.63, 3.8) is 0 Å². The van der Waals surface area contributed by atoms with E-state index in [0.29, 0.717) is 16.4 Å². The maximum Gasteiger partial charge on any atom is 0.293 e. The molecule has 1 aliphatic carbocycles. The molecule has 4 rings (SSSR count). The number of thioether (sulfide) groups is 1. The lowest BCUT2D eigenvalue weighted by atomic mass is 10.1. The summed E-state index contributed by atoms with van der Waals surface area (Å²) < 4.78 is 10.7. The molecule has 1 saturated heterocycles. The van der Waals surface area contributed by atoms with Gasteiger partial charge in [0.25, 0.3) is 17.1 Å². The van der Waals surface area contributed by atoms with Crippen LogP contribution in [0.5, 0.6) is 11.5 Å². The number of hydrogen-bond acceptors (Lipinski definition) is 6. The Balaban J connectivity index is 1.24. The lowest BCUT2D eigenvalue weighted by Crippen LogP contribution is -2.38. The molecule has 0 aromatic heterocycles. The van der Waals surface area contributed by atoms with E-state index in [4.69, 9.17) is 9.47 Å². The Morgan fingerprint density at radius 1 is 1.09 bits per heavy atom. The summed E-state index contributed by atoms with van der Waals surface area (Å²) >= 11 is 0.893. The highest BCUT2D eigenvalue weighted by Crippen LogP contribution is 2.32. The summed E-state index contributed by atoms with van der Waals surface area (Å²) in [6, 6.07) is 13.1. The van der Waals surface area contributed by atoms with Crippen LogP contribution in [0, 0.1) is 0 Å². The minimum Gasteiger partial charge on any atom is -0.497 e. The Bertz CT molecular complexity index is 1060. The van der Waals surface area contributed by atoms with Crippen LogP contribution in [-0.4, -0.2) is 48.8 Å². The summed E-state index contributed by atoms with van der Waals surface area (Å²) in [6.45, 7) is 0.160. The second-order valence-corrected chi connectivity index (χ2v) is 8.52. The fourth-order valence-electron chi connectivity index (χ4n) is 3.69. The van der Waals surface area contributed by atoms with Crippen molar-refractivity contribution in [3.8, 4) is 11.5 Å². The highest BCUT2D eigenvalue weighted by Gasteiger charge is 2.34. The van der Waals surface area contributed by atoms with Gasteiger partial charge in [0.1, 0.15) is 11.5 Å². The molecule has 3 amide bonds. The highest BCUT2D eigenvalue weighted by atomic mass is 32.2. The van der Waals surface area contributed by atoms with Crippen molar-refractivity contribution in [1.29, 1.82) is 0 Å². The SMILES string of the molecule is COc1ccc(/C=C2\SC(=O)N(CCNC(=O)COc3ccc4c(c3)CCC4)C2=O)cc1. The van der Waals surface area contributed by atoms with Crippen LogP contribution in [0.1, 0.15) is 23.1 Å². The zero-order valence-corrected chi connectivity index (χ0v) is 18.6. The fraction of sp³-hybridized carbons (Fsp3) is 0.292. The molecule has 0 saturated carbocycles. The van der Waals surface area contributed by atoms with Crippen molar-refractivity contribution >= 4 is 34.9 Å². The molecule has 166 valence electrons. The van der Waals surface area contributed by atoms with Gasteiger partial charge in [0.05, 0.1) is 12.0 Å². The topological polar surface area (TPSA) is 84.9 Å². The van der Waals surface area contributed by atoms with E-state index in [0.717, 1.165) is 41.5 Å². The summed E-state index contributed by atoms with van der Waals surface area (Å²) in [5.74, 6) is 0.729. The van der Waals surface area contributed by atoms with Crippen LogP contribution in [0.4, 0.5) is 4.79 Å². The molecule has 1 N–H and O–H groups in total. The predicted octanol–water partition coefficient (Wildman–Crippen LogP) is 3.42. The van der Waals surface area contributed by atoms with Gasteiger partial charge >= 0.3 is 0 Å². The number of carbonyl (C=O) groups is 3. The van der Waals surface area contributed by atoms with Gasteiger partial charge in [-0.2, -0.15) is 0 Å². The maximum absolute atomic E-state index is 12.6. The molecule has 0 bridgehead atoms. The third kappa shape index (κ3) is 5.13. The molecular weight excluding hydrogens is 428 g/mol. The zero-order valence-electron chi connectivity index (χ0n) is 17.8. The van der Waals surface area contributed by atoms with Gasteiger partial charge in [-0.1, -0.05) is 18.2 Å². The number of ether oxygens (including phenoxy) is 2. The van der Waals surface area contributed by atoms with Crippen molar-refractivity contribution in [3.05, 3.63) is 64.1 Å². The molecule has 1 fully saturated rings. The maximum atomic E-state index is 12.6. The first-order valence-corrected chi connectivity index (χ1v) is 11.3. The Kier molecular flexibility index (Phi) is 6.80. The summed E-state index contributed by atoms with van der Waals surface area (Å²) in [6.07, 6.45) is 4.97. The van der Waals surface area contributed by atoms with Crippen LogP contribution in [0.25, 0.3) is 6.08 Å². The minimum atomic E-state index is -0.362. The third-order valence-electron chi connectivity index (χ3n) is 5.38.